The molecule has 0 heterocycles. The van der Waals surface area contributed by atoms with Crippen LogP contribution in [0.15, 0.2) is 0 Å². The first-order valence-electron chi connectivity index (χ1n) is 5.10. The Hall–Kier alpha value is -0.220. The van der Waals surface area contributed by atoms with Gasteiger partial charge in [-0.2, -0.15) is 0 Å². The molecule has 2 N–H and O–H groups in total. The summed E-state index contributed by atoms with van der Waals surface area (Å²) in [7, 11) is 1.72. The molecule has 0 bridgehead atoms. The topological polar surface area (TPSA) is 29.3 Å². The fourth-order valence-corrected chi connectivity index (χ4v) is 1.80. The van der Waals surface area contributed by atoms with Crippen molar-refractivity contribution in [2.75, 3.05) is 26.7 Å². The second-order valence-corrected chi connectivity index (χ2v) is 4.35. The van der Waals surface area contributed by atoms with E-state index in [0.717, 1.165) is 12.8 Å². The molecule has 0 rings (SSSR count). The van der Waals surface area contributed by atoms with Crippen molar-refractivity contribution in [3.8, 4) is 0 Å². The number of halogens is 2. The molecule has 0 aromatic rings. The number of rotatable bonds is 7. The van der Waals surface area contributed by atoms with Crippen molar-refractivity contribution >= 4 is 0 Å². The molecule has 0 radical (unpaired) electrons. The average molecular weight is 208 g/mol. The van der Waals surface area contributed by atoms with Gasteiger partial charge >= 0.3 is 0 Å². The summed E-state index contributed by atoms with van der Waals surface area (Å²) in [6.45, 7) is 5.16. The molecule has 0 saturated heterocycles. The molecule has 86 valence electrons. The first-order chi connectivity index (χ1) is 6.43. The first-order valence-corrected chi connectivity index (χ1v) is 5.10. The van der Waals surface area contributed by atoms with Crippen LogP contribution >= 0.6 is 0 Å². The molecule has 0 aromatic carbocycles. The zero-order valence-electron chi connectivity index (χ0n) is 9.39. The first kappa shape index (κ1) is 13.8. The molecule has 0 aliphatic rings. The number of hydrogen-bond donors (Lipinski definition) is 1. The number of alkyl halides is 2. The Morgan fingerprint density at radius 3 is 2.36 bits per heavy atom. The van der Waals surface area contributed by atoms with Crippen LogP contribution in [-0.4, -0.2) is 38.0 Å². The maximum Gasteiger partial charge on any atom is 0.251 e. The zero-order valence-corrected chi connectivity index (χ0v) is 9.39. The van der Waals surface area contributed by atoms with E-state index >= 15 is 0 Å². The van der Waals surface area contributed by atoms with E-state index in [0.29, 0.717) is 13.1 Å². The Kier molecular flexibility index (Phi) is 6.20. The van der Waals surface area contributed by atoms with E-state index < -0.39 is 6.43 Å². The lowest BCUT2D eigenvalue weighted by Crippen LogP contribution is -2.40. The van der Waals surface area contributed by atoms with Crippen LogP contribution in [0.5, 0.6) is 0 Å². The van der Waals surface area contributed by atoms with Crippen LogP contribution in [0.4, 0.5) is 8.78 Å². The third-order valence-electron chi connectivity index (χ3n) is 2.45. The van der Waals surface area contributed by atoms with Gasteiger partial charge in [-0.3, -0.25) is 0 Å². The van der Waals surface area contributed by atoms with Crippen molar-refractivity contribution in [2.24, 2.45) is 11.1 Å². The van der Waals surface area contributed by atoms with Gasteiger partial charge < -0.3 is 10.6 Å². The van der Waals surface area contributed by atoms with Gasteiger partial charge in [0.25, 0.3) is 6.43 Å². The second kappa shape index (κ2) is 6.30. The lowest BCUT2D eigenvalue weighted by Gasteiger charge is -2.32. The minimum atomic E-state index is -2.26. The van der Waals surface area contributed by atoms with E-state index in [1.54, 1.807) is 11.9 Å². The van der Waals surface area contributed by atoms with Crippen LogP contribution in [0, 0.1) is 5.41 Å². The van der Waals surface area contributed by atoms with Gasteiger partial charge in [0.05, 0.1) is 6.54 Å². The molecular formula is C10H22F2N2. The molecule has 0 aliphatic carbocycles. The summed E-state index contributed by atoms with van der Waals surface area (Å²) in [6.07, 6.45) is -0.239. The Balaban J connectivity index is 4.02. The van der Waals surface area contributed by atoms with E-state index in [-0.39, 0.29) is 12.0 Å². The maximum absolute atomic E-state index is 12.1. The van der Waals surface area contributed by atoms with E-state index in [4.69, 9.17) is 5.73 Å². The van der Waals surface area contributed by atoms with Crippen molar-refractivity contribution in [1.82, 2.24) is 4.90 Å². The van der Waals surface area contributed by atoms with Gasteiger partial charge in [-0.05, 0) is 25.4 Å². The lowest BCUT2D eigenvalue weighted by atomic mass is 9.85. The van der Waals surface area contributed by atoms with Gasteiger partial charge in [-0.1, -0.05) is 20.3 Å². The highest BCUT2D eigenvalue weighted by Crippen LogP contribution is 2.22. The quantitative estimate of drug-likeness (QED) is 0.693. The summed E-state index contributed by atoms with van der Waals surface area (Å²) in [5.74, 6) is 0. The molecule has 0 aromatic heterocycles. The maximum atomic E-state index is 12.1. The van der Waals surface area contributed by atoms with Crippen LogP contribution in [0.1, 0.15) is 26.7 Å². The van der Waals surface area contributed by atoms with Gasteiger partial charge in [0, 0.05) is 6.54 Å². The fraction of sp³-hybridized carbons (Fsp3) is 1.00. The second-order valence-electron chi connectivity index (χ2n) is 4.35. The van der Waals surface area contributed by atoms with Gasteiger partial charge in [-0.25, -0.2) is 8.78 Å². The lowest BCUT2D eigenvalue weighted by molar-refractivity contribution is 0.0782. The molecule has 0 spiro atoms. The predicted molar refractivity (Wildman–Crippen MR) is 55.6 cm³/mol. The van der Waals surface area contributed by atoms with E-state index in [1.165, 1.54) is 0 Å². The van der Waals surface area contributed by atoms with E-state index in [1.807, 2.05) is 0 Å². The van der Waals surface area contributed by atoms with Crippen molar-refractivity contribution in [3.63, 3.8) is 0 Å². The highest BCUT2D eigenvalue weighted by atomic mass is 19.3. The Bertz CT molecular complexity index is 153. The van der Waals surface area contributed by atoms with E-state index in [2.05, 4.69) is 13.8 Å². The monoisotopic (exact) mass is 208 g/mol. The minimum absolute atomic E-state index is 0.0294. The summed E-state index contributed by atoms with van der Waals surface area (Å²) in [5.41, 5.74) is 5.63. The van der Waals surface area contributed by atoms with Crippen molar-refractivity contribution < 1.29 is 8.78 Å². The molecule has 0 saturated carbocycles. The molecule has 0 aliphatic heterocycles. The standard InChI is InChI=1S/C10H22F2N2/c1-4-5-10(2,7-13)8-14(3)6-9(11)12/h9H,4-8,13H2,1-3H3. The summed E-state index contributed by atoms with van der Waals surface area (Å²) in [4.78, 5) is 1.66. The largest absolute Gasteiger partial charge is 0.330 e. The zero-order chi connectivity index (χ0) is 11.2. The number of nitrogens with zero attached hydrogens (tertiary/aromatic N) is 1. The summed E-state index contributed by atoms with van der Waals surface area (Å²) >= 11 is 0. The van der Waals surface area contributed by atoms with Crippen molar-refractivity contribution in [2.45, 2.75) is 33.1 Å². The Labute approximate surface area is 85.5 Å². The van der Waals surface area contributed by atoms with Crippen molar-refractivity contribution in [3.05, 3.63) is 0 Å². The molecule has 14 heavy (non-hydrogen) atoms. The van der Waals surface area contributed by atoms with Gasteiger partial charge in [-0.15, -0.1) is 0 Å². The van der Waals surface area contributed by atoms with E-state index in [9.17, 15) is 8.78 Å². The third-order valence-corrected chi connectivity index (χ3v) is 2.45. The van der Waals surface area contributed by atoms with Crippen LogP contribution in [0.2, 0.25) is 0 Å². The smallest absolute Gasteiger partial charge is 0.251 e. The molecule has 2 nitrogen and oxygen atoms in total. The highest BCUT2D eigenvalue weighted by molar-refractivity contribution is 4.78. The summed E-state index contributed by atoms with van der Waals surface area (Å²) in [6, 6.07) is 0. The number of nitrogens with two attached hydrogens (primary N) is 1. The highest BCUT2D eigenvalue weighted by Gasteiger charge is 2.24. The molecular weight excluding hydrogens is 186 g/mol. The molecule has 1 atom stereocenters. The van der Waals surface area contributed by atoms with Crippen LogP contribution < -0.4 is 5.73 Å². The van der Waals surface area contributed by atoms with Crippen LogP contribution in [0.25, 0.3) is 0 Å². The van der Waals surface area contributed by atoms with Crippen LogP contribution in [-0.2, 0) is 0 Å². The van der Waals surface area contributed by atoms with Gasteiger partial charge in [0.2, 0.25) is 0 Å². The fourth-order valence-electron chi connectivity index (χ4n) is 1.80. The minimum Gasteiger partial charge on any atom is -0.330 e. The van der Waals surface area contributed by atoms with Gasteiger partial charge in [0.15, 0.2) is 0 Å². The van der Waals surface area contributed by atoms with Crippen LogP contribution in [0.3, 0.4) is 0 Å². The summed E-state index contributed by atoms with van der Waals surface area (Å²) in [5, 5.41) is 0. The Morgan fingerprint density at radius 2 is 2.00 bits per heavy atom. The Morgan fingerprint density at radius 1 is 1.43 bits per heavy atom. The average Bonchev–Trinajstić information content (AvgIpc) is 2.02. The molecule has 0 amide bonds. The molecule has 1 unspecified atom stereocenters. The third kappa shape index (κ3) is 5.50. The SMILES string of the molecule is CCCC(C)(CN)CN(C)CC(F)F. The molecule has 4 heteroatoms. The van der Waals surface area contributed by atoms with Gasteiger partial charge in [0.1, 0.15) is 0 Å². The number of hydrogen-bond acceptors (Lipinski definition) is 2. The normalized spacial score (nSPS) is 16.3. The predicted octanol–water partition coefficient (Wildman–Crippen LogP) is 1.95. The van der Waals surface area contributed by atoms with Crippen molar-refractivity contribution in [1.29, 1.82) is 0 Å². The molecule has 0 fully saturated rings. The summed E-state index contributed by atoms with van der Waals surface area (Å²) < 4.78 is 24.2.